The molecule has 5 nitrogen and oxygen atoms in total. The van der Waals surface area contributed by atoms with E-state index in [1.165, 1.54) is 6.20 Å². The molecular formula is C12H19N3O2S2. The molecule has 1 aromatic rings. The van der Waals surface area contributed by atoms with E-state index in [9.17, 15) is 8.42 Å². The van der Waals surface area contributed by atoms with Crippen molar-refractivity contribution >= 4 is 27.5 Å². The lowest BCUT2D eigenvalue weighted by molar-refractivity contribution is 0.540. The molecule has 0 bridgehead atoms. The van der Waals surface area contributed by atoms with Gasteiger partial charge in [0, 0.05) is 24.5 Å². The number of thioether (sulfide) groups is 1. The van der Waals surface area contributed by atoms with E-state index in [0.717, 1.165) is 24.3 Å². The third-order valence-corrected chi connectivity index (χ3v) is 5.57. The summed E-state index contributed by atoms with van der Waals surface area (Å²) in [5.41, 5.74) is 0.556. The number of aromatic nitrogens is 1. The highest BCUT2D eigenvalue weighted by molar-refractivity contribution is 7.99. The molecule has 2 heterocycles. The predicted molar refractivity (Wildman–Crippen MR) is 79.1 cm³/mol. The maximum Gasteiger partial charge on any atom is 0.260 e. The number of rotatable bonds is 5. The van der Waals surface area contributed by atoms with Gasteiger partial charge in [0.1, 0.15) is 0 Å². The molecule has 1 aliphatic rings. The maximum atomic E-state index is 12.4. The summed E-state index contributed by atoms with van der Waals surface area (Å²) < 4.78 is 27.5. The molecule has 7 heteroatoms. The molecule has 0 aromatic carbocycles. The third kappa shape index (κ3) is 3.84. The molecule has 0 saturated carbocycles. The van der Waals surface area contributed by atoms with Gasteiger partial charge in [0.15, 0.2) is 5.03 Å². The second-order valence-electron chi connectivity index (χ2n) is 4.42. The standard InChI is InChI=1S/C12H19N3O2S2/c1-2-13-11-6-3-7-14-12(11)19(16,17)15-10-5-4-8-18-9-10/h3,6-7,10,13,15H,2,4-5,8-9H2,1H3. The summed E-state index contributed by atoms with van der Waals surface area (Å²) in [6, 6.07) is 3.48. The summed E-state index contributed by atoms with van der Waals surface area (Å²) in [5.74, 6) is 1.95. The number of nitrogens with one attached hydrogen (secondary N) is 2. The van der Waals surface area contributed by atoms with Crippen LogP contribution in [-0.4, -0.2) is 37.5 Å². The van der Waals surface area contributed by atoms with E-state index in [4.69, 9.17) is 0 Å². The SMILES string of the molecule is CCNc1cccnc1S(=O)(=O)NC1CCCSC1. The first kappa shape index (κ1) is 14.6. The minimum atomic E-state index is -3.55. The molecule has 1 fully saturated rings. The van der Waals surface area contributed by atoms with Gasteiger partial charge < -0.3 is 5.32 Å². The van der Waals surface area contributed by atoms with E-state index < -0.39 is 10.0 Å². The zero-order valence-corrected chi connectivity index (χ0v) is 12.6. The molecule has 1 aliphatic heterocycles. The van der Waals surface area contributed by atoms with E-state index in [0.29, 0.717) is 12.2 Å². The highest BCUT2D eigenvalue weighted by Gasteiger charge is 2.25. The number of pyridine rings is 1. The highest BCUT2D eigenvalue weighted by atomic mass is 32.2. The molecule has 19 heavy (non-hydrogen) atoms. The zero-order chi connectivity index (χ0) is 13.7. The number of nitrogens with zero attached hydrogens (tertiary/aromatic N) is 1. The molecule has 1 aromatic heterocycles. The van der Waals surface area contributed by atoms with Crippen LogP contribution in [0.15, 0.2) is 23.4 Å². The number of sulfonamides is 1. The van der Waals surface area contributed by atoms with Crippen molar-refractivity contribution in [2.45, 2.75) is 30.8 Å². The lowest BCUT2D eigenvalue weighted by atomic mass is 10.2. The van der Waals surface area contributed by atoms with Gasteiger partial charge >= 0.3 is 0 Å². The smallest absolute Gasteiger partial charge is 0.260 e. The summed E-state index contributed by atoms with van der Waals surface area (Å²) in [4.78, 5) is 4.01. The Bertz CT molecular complexity index is 513. The van der Waals surface area contributed by atoms with Crippen LogP contribution in [0, 0.1) is 0 Å². The van der Waals surface area contributed by atoms with Crippen molar-refractivity contribution in [3.05, 3.63) is 18.3 Å². The van der Waals surface area contributed by atoms with Crippen LogP contribution < -0.4 is 10.0 Å². The van der Waals surface area contributed by atoms with Crippen LogP contribution in [0.4, 0.5) is 5.69 Å². The van der Waals surface area contributed by atoms with Crippen LogP contribution in [0.25, 0.3) is 0 Å². The fourth-order valence-corrected chi connectivity index (χ4v) is 4.60. The molecule has 2 N–H and O–H groups in total. The second-order valence-corrected chi connectivity index (χ2v) is 7.20. The van der Waals surface area contributed by atoms with Gasteiger partial charge in [-0.25, -0.2) is 18.1 Å². The van der Waals surface area contributed by atoms with E-state index >= 15 is 0 Å². The van der Waals surface area contributed by atoms with Crippen LogP contribution >= 0.6 is 11.8 Å². The minimum Gasteiger partial charge on any atom is -0.383 e. The summed E-state index contributed by atoms with van der Waals surface area (Å²) in [6.07, 6.45) is 3.46. The van der Waals surface area contributed by atoms with Crippen LogP contribution in [0.2, 0.25) is 0 Å². The first-order valence-corrected chi connectivity index (χ1v) is 9.06. The van der Waals surface area contributed by atoms with Crippen molar-refractivity contribution in [1.82, 2.24) is 9.71 Å². The van der Waals surface area contributed by atoms with Gasteiger partial charge in [-0.1, -0.05) is 0 Å². The van der Waals surface area contributed by atoms with Crippen molar-refractivity contribution in [2.75, 3.05) is 23.4 Å². The molecule has 2 rings (SSSR count). The molecular weight excluding hydrogens is 282 g/mol. The van der Waals surface area contributed by atoms with Gasteiger partial charge in [-0.2, -0.15) is 11.8 Å². The van der Waals surface area contributed by atoms with Gasteiger partial charge in [0.2, 0.25) is 0 Å². The Morgan fingerprint density at radius 3 is 3.05 bits per heavy atom. The Balaban J connectivity index is 2.18. The van der Waals surface area contributed by atoms with Crippen LogP contribution in [-0.2, 0) is 10.0 Å². The Labute approximate surface area is 118 Å². The van der Waals surface area contributed by atoms with Gasteiger partial charge in [0.05, 0.1) is 5.69 Å². The molecule has 0 amide bonds. The fourth-order valence-electron chi connectivity index (χ4n) is 2.04. The van der Waals surface area contributed by atoms with Gasteiger partial charge in [-0.05, 0) is 37.7 Å². The quantitative estimate of drug-likeness (QED) is 0.866. The fraction of sp³-hybridized carbons (Fsp3) is 0.583. The van der Waals surface area contributed by atoms with Crippen LogP contribution in [0.3, 0.4) is 0 Å². The van der Waals surface area contributed by atoms with Gasteiger partial charge in [0.25, 0.3) is 10.0 Å². The zero-order valence-electron chi connectivity index (χ0n) is 10.9. The molecule has 1 unspecified atom stereocenters. The molecule has 0 aliphatic carbocycles. The molecule has 0 spiro atoms. The average Bonchev–Trinajstić information content (AvgIpc) is 2.40. The predicted octanol–water partition coefficient (Wildman–Crippen LogP) is 1.69. The summed E-state index contributed by atoms with van der Waals surface area (Å²) in [6.45, 7) is 2.59. The largest absolute Gasteiger partial charge is 0.383 e. The van der Waals surface area contributed by atoms with Crippen molar-refractivity contribution in [1.29, 1.82) is 0 Å². The number of hydrogen-bond acceptors (Lipinski definition) is 5. The Morgan fingerprint density at radius 2 is 2.37 bits per heavy atom. The van der Waals surface area contributed by atoms with E-state index in [1.807, 2.05) is 6.92 Å². The lowest BCUT2D eigenvalue weighted by Gasteiger charge is -2.22. The summed E-state index contributed by atoms with van der Waals surface area (Å²) >= 11 is 1.79. The Morgan fingerprint density at radius 1 is 1.53 bits per heavy atom. The summed E-state index contributed by atoms with van der Waals surface area (Å²) in [7, 11) is -3.55. The van der Waals surface area contributed by atoms with Crippen molar-refractivity contribution in [3.63, 3.8) is 0 Å². The van der Waals surface area contributed by atoms with E-state index in [-0.39, 0.29) is 11.1 Å². The van der Waals surface area contributed by atoms with Gasteiger partial charge in [-0.3, -0.25) is 0 Å². The lowest BCUT2D eigenvalue weighted by Crippen LogP contribution is -2.38. The molecule has 0 radical (unpaired) electrons. The Kier molecular flexibility index (Phi) is 5.06. The number of hydrogen-bond donors (Lipinski definition) is 2. The third-order valence-electron chi connectivity index (χ3n) is 2.88. The van der Waals surface area contributed by atoms with E-state index in [2.05, 4.69) is 15.0 Å². The van der Waals surface area contributed by atoms with E-state index in [1.54, 1.807) is 23.9 Å². The van der Waals surface area contributed by atoms with Crippen LogP contribution in [0.5, 0.6) is 0 Å². The molecule has 1 saturated heterocycles. The number of anilines is 1. The molecule has 1 atom stereocenters. The molecule has 106 valence electrons. The first-order chi connectivity index (χ1) is 9.13. The average molecular weight is 301 g/mol. The second kappa shape index (κ2) is 6.58. The summed E-state index contributed by atoms with van der Waals surface area (Å²) in [5, 5.41) is 3.12. The maximum absolute atomic E-state index is 12.4. The van der Waals surface area contributed by atoms with Crippen LogP contribution in [0.1, 0.15) is 19.8 Å². The van der Waals surface area contributed by atoms with Crippen molar-refractivity contribution < 1.29 is 8.42 Å². The minimum absolute atomic E-state index is 0.0141. The Hall–Kier alpha value is -0.790. The monoisotopic (exact) mass is 301 g/mol. The normalized spacial score (nSPS) is 20.2. The first-order valence-electron chi connectivity index (χ1n) is 6.42. The topological polar surface area (TPSA) is 71.1 Å². The van der Waals surface area contributed by atoms with Crippen molar-refractivity contribution in [3.8, 4) is 0 Å². The van der Waals surface area contributed by atoms with Gasteiger partial charge in [-0.15, -0.1) is 0 Å². The highest BCUT2D eigenvalue weighted by Crippen LogP contribution is 2.21. The van der Waals surface area contributed by atoms with Crippen molar-refractivity contribution in [2.24, 2.45) is 0 Å².